The molecule has 1 aromatic carbocycles. The molecule has 1 atom stereocenters. The minimum Gasteiger partial charge on any atom is -0.399 e. The molecule has 1 aliphatic heterocycles. The van der Waals surface area contributed by atoms with Crippen LogP contribution in [0.2, 0.25) is 0 Å². The second kappa shape index (κ2) is 5.41. The van der Waals surface area contributed by atoms with Crippen molar-refractivity contribution in [1.82, 2.24) is 10.0 Å². The van der Waals surface area contributed by atoms with E-state index in [9.17, 15) is 13.2 Å². The summed E-state index contributed by atoms with van der Waals surface area (Å²) in [5.74, 6) is -0.0450. The van der Waals surface area contributed by atoms with Crippen molar-refractivity contribution in [3.05, 3.63) is 23.3 Å². The molecule has 1 fully saturated rings. The van der Waals surface area contributed by atoms with E-state index >= 15 is 0 Å². The molecule has 0 aromatic heterocycles. The number of nitrogens with two attached hydrogens (primary N) is 1. The molecule has 6 nitrogen and oxygen atoms in total. The predicted octanol–water partition coefficient (Wildman–Crippen LogP) is 0.443. The number of hydrogen-bond donors (Lipinski definition) is 3. The molecule has 1 aliphatic rings. The van der Waals surface area contributed by atoms with Gasteiger partial charge in [0.1, 0.15) is 0 Å². The van der Waals surface area contributed by atoms with Crippen LogP contribution < -0.4 is 15.8 Å². The number of piperidine rings is 1. The van der Waals surface area contributed by atoms with Crippen LogP contribution in [0.1, 0.15) is 24.0 Å². The van der Waals surface area contributed by atoms with Crippen molar-refractivity contribution in [2.45, 2.75) is 37.6 Å². The third kappa shape index (κ3) is 3.10. The maximum Gasteiger partial charge on any atom is 0.241 e. The standard InChI is InChI=1S/C13H19N3O3S/c1-8-5-10(14)6-12(9(8)2)20(18,19)16-11-3-4-13(17)15-7-11/h5-6,11,16H,3-4,7,14H2,1-2H3,(H,15,17). The number of sulfonamides is 1. The number of rotatable bonds is 3. The fraction of sp³-hybridized carbons (Fsp3) is 0.462. The third-order valence-corrected chi connectivity index (χ3v) is 5.17. The molecule has 7 heteroatoms. The van der Waals surface area contributed by atoms with Gasteiger partial charge in [0.05, 0.1) is 4.90 Å². The van der Waals surface area contributed by atoms with E-state index in [1.165, 1.54) is 6.07 Å². The van der Waals surface area contributed by atoms with Gasteiger partial charge in [-0.05, 0) is 43.5 Å². The zero-order valence-electron chi connectivity index (χ0n) is 11.6. The van der Waals surface area contributed by atoms with Crippen LogP contribution in [-0.4, -0.2) is 26.9 Å². The SMILES string of the molecule is Cc1cc(N)cc(S(=O)(=O)NC2CCC(=O)NC2)c1C. The van der Waals surface area contributed by atoms with E-state index in [2.05, 4.69) is 10.0 Å². The molecule has 1 amide bonds. The number of carbonyl (C=O) groups is 1. The number of hydrogen-bond acceptors (Lipinski definition) is 4. The highest BCUT2D eigenvalue weighted by Crippen LogP contribution is 2.22. The van der Waals surface area contributed by atoms with E-state index < -0.39 is 10.0 Å². The quantitative estimate of drug-likeness (QED) is 0.705. The lowest BCUT2D eigenvalue weighted by Gasteiger charge is -2.24. The van der Waals surface area contributed by atoms with Crippen molar-refractivity contribution in [2.75, 3.05) is 12.3 Å². The van der Waals surface area contributed by atoms with Gasteiger partial charge >= 0.3 is 0 Å². The highest BCUT2D eigenvalue weighted by atomic mass is 32.2. The Hall–Kier alpha value is -1.60. The summed E-state index contributed by atoms with van der Waals surface area (Å²) in [4.78, 5) is 11.3. The van der Waals surface area contributed by atoms with Gasteiger partial charge in [-0.2, -0.15) is 0 Å². The summed E-state index contributed by atoms with van der Waals surface area (Å²) in [6.07, 6.45) is 0.841. The number of carbonyl (C=O) groups excluding carboxylic acids is 1. The first-order chi connectivity index (χ1) is 9.29. The Morgan fingerprint density at radius 2 is 2.05 bits per heavy atom. The van der Waals surface area contributed by atoms with Gasteiger partial charge in [0.15, 0.2) is 0 Å². The minimum atomic E-state index is -3.63. The van der Waals surface area contributed by atoms with Crippen molar-refractivity contribution in [3.8, 4) is 0 Å². The normalized spacial score (nSPS) is 19.7. The van der Waals surface area contributed by atoms with Crippen molar-refractivity contribution in [1.29, 1.82) is 0 Å². The topological polar surface area (TPSA) is 101 Å². The molecule has 0 bridgehead atoms. The molecule has 1 aromatic rings. The van der Waals surface area contributed by atoms with Gasteiger partial charge in [-0.1, -0.05) is 0 Å². The van der Waals surface area contributed by atoms with Crippen molar-refractivity contribution in [2.24, 2.45) is 0 Å². The fourth-order valence-corrected chi connectivity index (χ4v) is 3.87. The van der Waals surface area contributed by atoms with Crippen LogP contribution in [0.15, 0.2) is 17.0 Å². The number of benzene rings is 1. The smallest absolute Gasteiger partial charge is 0.241 e. The molecule has 1 saturated heterocycles. The monoisotopic (exact) mass is 297 g/mol. The fourth-order valence-electron chi connectivity index (χ4n) is 2.25. The van der Waals surface area contributed by atoms with E-state index in [4.69, 9.17) is 5.73 Å². The largest absolute Gasteiger partial charge is 0.399 e. The van der Waals surface area contributed by atoms with Gasteiger partial charge in [-0.25, -0.2) is 13.1 Å². The molecular weight excluding hydrogens is 278 g/mol. The van der Waals surface area contributed by atoms with Crippen LogP contribution in [0.3, 0.4) is 0 Å². The van der Waals surface area contributed by atoms with Crippen LogP contribution in [0.4, 0.5) is 5.69 Å². The first kappa shape index (κ1) is 14.8. The Kier molecular flexibility index (Phi) is 4.01. The Morgan fingerprint density at radius 3 is 2.65 bits per heavy atom. The lowest BCUT2D eigenvalue weighted by atomic mass is 10.1. The van der Waals surface area contributed by atoms with Gasteiger partial charge in [0.2, 0.25) is 15.9 Å². The second-order valence-corrected chi connectivity index (χ2v) is 6.80. The zero-order chi connectivity index (χ0) is 14.9. The molecule has 0 radical (unpaired) electrons. The van der Waals surface area contributed by atoms with E-state index in [0.29, 0.717) is 30.6 Å². The lowest BCUT2D eigenvalue weighted by Crippen LogP contribution is -2.47. The van der Waals surface area contributed by atoms with E-state index in [1.54, 1.807) is 13.0 Å². The van der Waals surface area contributed by atoms with Gasteiger partial charge in [-0.3, -0.25) is 4.79 Å². The summed E-state index contributed by atoms with van der Waals surface area (Å²) in [5, 5.41) is 2.65. The first-order valence-electron chi connectivity index (χ1n) is 6.45. The van der Waals surface area contributed by atoms with Crippen LogP contribution in [-0.2, 0) is 14.8 Å². The number of amides is 1. The number of nitrogens with one attached hydrogen (secondary N) is 2. The maximum atomic E-state index is 12.4. The molecule has 0 spiro atoms. The molecule has 110 valence electrons. The van der Waals surface area contributed by atoms with E-state index in [0.717, 1.165) is 5.56 Å². The second-order valence-electron chi connectivity index (χ2n) is 5.12. The molecule has 2 rings (SSSR count). The van der Waals surface area contributed by atoms with Crippen LogP contribution in [0.25, 0.3) is 0 Å². The first-order valence-corrected chi connectivity index (χ1v) is 7.93. The average molecular weight is 297 g/mol. The Labute approximate surface area is 118 Å². The number of nitrogen functional groups attached to an aromatic ring is 1. The Morgan fingerprint density at radius 1 is 1.35 bits per heavy atom. The van der Waals surface area contributed by atoms with Crippen molar-refractivity contribution < 1.29 is 13.2 Å². The molecule has 0 saturated carbocycles. The summed E-state index contributed by atoms with van der Waals surface area (Å²) in [6, 6.07) is 2.93. The average Bonchev–Trinajstić information content (AvgIpc) is 2.36. The zero-order valence-corrected chi connectivity index (χ0v) is 12.4. The number of anilines is 1. The van der Waals surface area contributed by atoms with Crippen LogP contribution >= 0.6 is 0 Å². The summed E-state index contributed by atoms with van der Waals surface area (Å²) in [7, 11) is -3.63. The minimum absolute atomic E-state index is 0.0450. The third-order valence-electron chi connectivity index (χ3n) is 3.52. The summed E-state index contributed by atoms with van der Waals surface area (Å²) >= 11 is 0. The van der Waals surface area contributed by atoms with Crippen LogP contribution in [0, 0.1) is 13.8 Å². The highest BCUT2D eigenvalue weighted by molar-refractivity contribution is 7.89. The lowest BCUT2D eigenvalue weighted by molar-refractivity contribution is -0.122. The van der Waals surface area contributed by atoms with Gasteiger partial charge in [0.25, 0.3) is 0 Å². The van der Waals surface area contributed by atoms with E-state index in [-0.39, 0.29) is 16.8 Å². The summed E-state index contributed by atoms with van der Waals surface area (Å²) < 4.78 is 27.5. The molecule has 0 aliphatic carbocycles. The summed E-state index contributed by atoms with van der Waals surface area (Å²) in [5.41, 5.74) is 7.67. The molecular formula is C13H19N3O3S. The molecule has 1 unspecified atom stereocenters. The van der Waals surface area contributed by atoms with Gasteiger partial charge in [-0.15, -0.1) is 0 Å². The maximum absolute atomic E-state index is 12.4. The van der Waals surface area contributed by atoms with Crippen LogP contribution in [0.5, 0.6) is 0 Å². The van der Waals surface area contributed by atoms with Crippen molar-refractivity contribution in [3.63, 3.8) is 0 Å². The van der Waals surface area contributed by atoms with Gasteiger partial charge in [0, 0.05) is 24.7 Å². The van der Waals surface area contributed by atoms with E-state index in [1.807, 2.05) is 6.92 Å². The highest BCUT2D eigenvalue weighted by Gasteiger charge is 2.25. The van der Waals surface area contributed by atoms with Gasteiger partial charge < -0.3 is 11.1 Å². The summed E-state index contributed by atoms with van der Waals surface area (Å²) in [6.45, 7) is 3.90. The molecule has 4 N–H and O–H groups in total. The Bertz CT molecular complexity index is 631. The molecule has 20 heavy (non-hydrogen) atoms. The van der Waals surface area contributed by atoms with Crippen molar-refractivity contribution >= 4 is 21.6 Å². The number of aryl methyl sites for hydroxylation is 1. The predicted molar refractivity (Wildman–Crippen MR) is 76.7 cm³/mol. The Balaban J connectivity index is 2.25. The molecule has 1 heterocycles.